The van der Waals surface area contributed by atoms with Gasteiger partial charge in [-0.15, -0.1) is 12.4 Å². The van der Waals surface area contributed by atoms with Crippen LogP contribution in [0.1, 0.15) is 68.5 Å². The van der Waals surface area contributed by atoms with Gasteiger partial charge in [0.05, 0.1) is 16.3 Å². The molecule has 2 unspecified atom stereocenters. The van der Waals surface area contributed by atoms with Crippen molar-refractivity contribution in [2.75, 3.05) is 0 Å². The van der Waals surface area contributed by atoms with Crippen LogP contribution >= 0.6 is 24.2 Å². The van der Waals surface area contributed by atoms with E-state index in [1.54, 1.807) is 0 Å². The number of nitrogens with one attached hydrogen (secondary N) is 2. The molecule has 4 saturated carbocycles. The van der Waals surface area contributed by atoms with Crippen molar-refractivity contribution in [3.63, 3.8) is 0 Å². The molecule has 9 rings (SSSR count). The van der Waals surface area contributed by atoms with E-state index in [1.165, 1.54) is 44.1 Å². The van der Waals surface area contributed by atoms with Crippen LogP contribution in [-0.2, 0) is 16.6 Å². The van der Waals surface area contributed by atoms with Gasteiger partial charge < -0.3 is 14.5 Å². The first kappa shape index (κ1) is 29.2. The standard InChI is InChI=1S/C35H35N3O4S.ClH/c1-20(41-26-6-2-21(3-7-26)15-31-33(39)38-34(40)43-31)32-36-29-11-10-28(16-30(29)37-32)42-27-8-4-25(5-9-27)35-17-22-12-23(18-35)14-24(13-22)19-35;/h2-11,16,20,22-24,31H,12-15,17-19H2,1H3,(H,36,37)(H,38,39,40);1H. The minimum atomic E-state index is -0.381. The molecule has 2 atom stereocenters. The fourth-order valence-electron chi connectivity index (χ4n) is 8.45. The van der Waals surface area contributed by atoms with Crippen LogP contribution in [0.15, 0.2) is 66.7 Å². The average Bonchev–Trinajstić information content (AvgIpc) is 3.55. The van der Waals surface area contributed by atoms with Gasteiger partial charge in [-0.1, -0.05) is 36.0 Å². The van der Waals surface area contributed by atoms with Crippen molar-refractivity contribution in [3.8, 4) is 17.2 Å². The molecule has 7 nitrogen and oxygen atoms in total. The highest BCUT2D eigenvalue weighted by molar-refractivity contribution is 8.15. The summed E-state index contributed by atoms with van der Waals surface area (Å²) in [6.07, 6.45) is 8.69. The number of imidazole rings is 1. The summed E-state index contributed by atoms with van der Waals surface area (Å²) in [5.41, 5.74) is 4.62. The Labute approximate surface area is 267 Å². The smallest absolute Gasteiger partial charge is 0.286 e. The number of aromatic nitrogens is 2. The van der Waals surface area contributed by atoms with Crippen LogP contribution in [0.3, 0.4) is 0 Å². The van der Waals surface area contributed by atoms with Gasteiger partial charge in [0.15, 0.2) is 6.10 Å². The number of hydrogen-bond acceptors (Lipinski definition) is 6. The Kier molecular flexibility index (Phi) is 7.61. The van der Waals surface area contributed by atoms with Crippen molar-refractivity contribution in [3.05, 3.63) is 83.7 Å². The van der Waals surface area contributed by atoms with Gasteiger partial charge >= 0.3 is 0 Å². The number of hydrogen-bond donors (Lipinski definition) is 2. The number of carbonyl (C=O) groups excluding carboxylic acids is 2. The number of rotatable bonds is 8. The number of amides is 2. The molecule has 5 fully saturated rings. The Morgan fingerprint density at radius 3 is 2.16 bits per heavy atom. The number of imide groups is 1. The fourth-order valence-corrected chi connectivity index (χ4v) is 9.31. The van der Waals surface area contributed by atoms with Gasteiger partial charge in [0.25, 0.3) is 5.24 Å². The van der Waals surface area contributed by atoms with Crippen LogP contribution in [0.25, 0.3) is 11.0 Å². The molecule has 44 heavy (non-hydrogen) atoms. The first-order valence-electron chi connectivity index (χ1n) is 15.4. The molecule has 0 radical (unpaired) electrons. The molecule has 1 aliphatic heterocycles. The Bertz CT molecular complexity index is 1670. The molecule has 1 aromatic heterocycles. The molecule has 4 bridgehead atoms. The molecule has 4 aromatic rings. The number of ether oxygens (including phenoxy) is 2. The molecular formula is C35H36ClN3O4S. The lowest BCUT2D eigenvalue weighted by Gasteiger charge is -2.57. The Hall–Kier alpha value is -3.49. The molecule has 2 heterocycles. The molecule has 4 aliphatic carbocycles. The minimum absolute atomic E-state index is 0. The second-order valence-electron chi connectivity index (χ2n) is 13.1. The molecular weight excluding hydrogens is 594 g/mol. The highest BCUT2D eigenvalue weighted by Crippen LogP contribution is 2.60. The maximum Gasteiger partial charge on any atom is 0.286 e. The number of halogens is 1. The zero-order chi connectivity index (χ0) is 29.1. The van der Waals surface area contributed by atoms with Crippen molar-refractivity contribution < 1.29 is 19.1 Å². The van der Waals surface area contributed by atoms with E-state index in [-0.39, 0.29) is 34.9 Å². The van der Waals surface area contributed by atoms with Gasteiger partial charge in [0.2, 0.25) is 5.91 Å². The normalized spacial score (nSPS) is 27.7. The quantitative estimate of drug-likeness (QED) is 0.204. The van der Waals surface area contributed by atoms with Crippen molar-refractivity contribution in [1.29, 1.82) is 0 Å². The van der Waals surface area contributed by atoms with Crippen molar-refractivity contribution >= 4 is 46.3 Å². The van der Waals surface area contributed by atoms with Gasteiger partial charge in [-0.2, -0.15) is 0 Å². The molecule has 3 aromatic carbocycles. The predicted octanol–water partition coefficient (Wildman–Crippen LogP) is 8.28. The van der Waals surface area contributed by atoms with Crippen molar-refractivity contribution in [1.82, 2.24) is 15.3 Å². The maximum absolute atomic E-state index is 11.9. The van der Waals surface area contributed by atoms with Crippen molar-refractivity contribution in [2.45, 2.75) is 68.6 Å². The number of aromatic amines is 1. The van der Waals surface area contributed by atoms with Gasteiger partial charge in [0.1, 0.15) is 23.1 Å². The number of carbonyl (C=O) groups is 2. The van der Waals surface area contributed by atoms with Crippen LogP contribution in [-0.4, -0.2) is 26.4 Å². The van der Waals surface area contributed by atoms with Crippen molar-refractivity contribution in [2.24, 2.45) is 17.8 Å². The van der Waals surface area contributed by atoms with Crippen LogP contribution in [0, 0.1) is 17.8 Å². The zero-order valence-corrected chi connectivity index (χ0v) is 26.2. The molecule has 228 valence electrons. The number of nitrogens with zero attached hydrogens (tertiary/aromatic N) is 1. The molecule has 2 amide bonds. The summed E-state index contributed by atoms with van der Waals surface area (Å²) < 4.78 is 12.4. The van der Waals surface area contributed by atoms with Crippen LogP contribution in [0.5, 0.6) is 17.2 Å². The van der Waals surface area contributed by atoms with E-state index in [0.29, 0.717) is 17.6 Å². The van der Waals surface area contributed by atoms with E-state index in [4.69, 9.17) is 14.5 Å². The third kappa shape index (κ3) is 5.58. The van der Waals surface area contributed by atoms with E-state index in [0.717, 1.165) is 63.4 Å². The summed E-state index contributed by atoms with van der Waals surface area (Å²) in [7, 11) is 0. The Balaban J connectivity index is 0.00000312. The number of thioether (sulfide) groups is 1. The number of fused-ring (bicyclic) bond motifs is 1. The zero-order valence-electron chi connectivity index (χ0n) is 24.6. The second-order valence-corrected chi connectivity index (χ2v) is 14.3. The largest absolute Gasteiger partial charge is 0.483 e. The minimum Gasteiger partial charge on any atom is -0.483 e. The summed E-state index contributed by atoms with van der Waals surface area (Å²) >= 11 is 1.04. The predicted molar refractivity (Wildman–Crippen MR) is 174 cm³/mol. The number of benzene rings is 3. The van der Waals surface area contributed by atoms with E-state index < -0.39 is 0 Å². The highest BCUT2D eigenvalue weighted by Gasteiger charge is 2.51. The lowest BCUT2D eigenvalue weighted by molar-refractivity contribution is -0.118. The topological polar surface area (TPSA) is 93.3 Å². The van der Waals surface area contributed by atoms with Crippen LogP contribution in [0.2, 0.25) is 0 Å². The molecule has 5 aliphatic rings. The van der Waals surface area contributed by atoms with Gasteiger partial charge in [-0.25, -0.2) is 4.98 Å². The fraction of sp³-hybridized carbons (Fsp3) is 0.400. The lowest BCUT2D eigenvalue weighted by atomic mass is 9.48. The Morgan fingerprint density at radius 2 is 1.52 bits per heavy atom. The summed E-state index contributed by atoms with van der Waals surface area (Å²) in [6, 6.07) is 22.4. The third-order valence-corrected chi connectivity index (χ3v) is 11.0. The average molecular weight is 630 g/mol. The van der Waals surface area contributed by atoms with Crippen LogP contribution < -0.4 is 14.8 Å². The first-order chi connectivity index (χ1) is 20.9. The summed E-state index contributed by atoms with van der Waals surface area (Å²) in [6.45, 7) is 1.96. The van der Waals surface area contributed by atoms with E-state index in [1.807, 2.05) is 49.4 Å². The van der Waals surface area contributed by atoms with Crippen LogP contribution in [0.4, 0.5) is 4.79 Å². The third-order valence-electron chi connectivity index (χ3n) is 10.0. The summed E-state index contributed by atoms with van der Waals surface area (Å²) in [4.78, 5) is 31.4. The van der Waals surface area contributed by atoms with Gasteiger partial charge in [-0.3, -0.25) is 14.9 Å². The highest BCUT2D eigenvalue weighted by atomic mass is 35.5. The molecule has 2 N–H and O–H groups in total. The molecule has 0 spiro atoms. The maximum atomic E-state index is 11.9. The molecule has 9 heteroatoms. The van der Waals surface area contributed by atoms with Gasteiger partial charge in [-0.05, 0) is 123 Å². The second kappa shape index (κ2) is 11.5. The molecule has 1 saturated heterocycles. The van der Waals surface area contributed by atoms with E-state index in [2.05, 4.69) is 34.6 Å². The van der Waals surface area contributed by atoms with E-state index >= 15 is 0 Å². The monoisotopic (exact) mass is 629 g/mol. The van der Waals surface area contributed by atoms with Gasteiger partial charge in [0, 0.05) is 6.07 Å². The Morgan fingerprint density at radius 1 is 0.886 bits per heavy atom. The SMILES string of the molecule is CC(Oc1ccc(CC2SC(=O)NC2=O)cc1)c1nc2ccc(Oc3ccc(C45CC6CC(CC(C6)C4)C5)cc3)cc2[nH]1.Cl. The van der Waals surface area contributed by atoms with E-state index in [9.17, 15) is 9.59 Å². The number of H-pyrrole nitrogens is 1. The lowest BCUT2D eigenvalue weighted by Crippen LogP contribution is -2.48. The first-order valence-corrected chi connectivity index (χ1v) is 16.3. The summed E-state index contributed by atoms with van der Waals surface area (Å²) in [5.74, 6) is 5.64. The summed E-state index contributed by atoms with van der Waals surface area (Å²) in [5, 5.41) is 1.67.